The lowest BCUT2D eigenvalue weighted by atomic mass is 9.89. The Morgan fingerprint density at radius 3 is 2.67 bits per heavy atom. The number of benzene rings is 1. The van der Waals surface area contributed by atoms with E-state index in [0.29, 0.717) is 0 Å². The predicted molar refractivity (Wildman–Crippen MR) is 70.6 cm³/mol. The van der Waals surface area contributed by atoms with Crippen LogP contribution in [0.25, 0.3) is 0 Å². The second-order valence-electron chi connectivity index (χ2n) is 5.46. The van der Waals surface area contributed by atoms with Gasteiger partial charge in [-0.05, 0) is 6.92 Å². The zero-order chi connectivity index (χ0) is 15.8. The summed E-state index contributed by atoms with van der Waals surface area (Å²) in [7, 11) is 0. The highest BCUT2D eigenvalue weighted by Gasteiger charge is 2.42. The molecule has 0 radical (unpaired) electrons. The minimum Gasteiger partial charge on any atom is -0.465 e. The van der Waals surface area contributed by atoms with Crippen LogP contribution in [0.4, 0.5) is 18.0 Å². The third-order valence-corrected chi connectivity index (χ3v) is 3.69. The summed E-state index contributed by atoms with van der Waals surface area (Å²) in [6, 6.07) is 3.12. The van der Waals surface area contributed by atoms with Gasteiger partial charge in [-0.1, -0.05) is 18.2 Å². The van der Waals surface area contributed by atoms with Crippen molar-refractivity contribution in [1.82, 2.24) is 4.90 Å². The number of alkyl halides is 2. The molecule has 0 saturated carbocycles. The van der Waals surface area contributed by atoms with Crippen LogP contribution >= 0.6 is 0 Å². The molecule has 1 aliphatic rings. The number of hydrogen-bond acceptors (Lipinski definition) is 2. The zero-order valence-electron chi connectivity index (χ0n) is 11.5. The van der Waals surface area contributed by atoms with Crippen LogP contribution in [0.3, 0.4) is 0 Å². The second kappa shape index (κ2) is 5.55. The number of nitrogens with two attached hydrogens (primary N) is 1. The van der Waals surface area contributed by atoms with Gasteiger partial charge in [-0.3, -0.25) is 0 Å². The Morgan fingerprint density at radius 2 is 2.14 bits per heavy atom. The molecule has 1 atom stereocenters. The quantitative estimate of drug-likeness (QED) is 0.898. The van der Waals surface area contributed by atoms with Gasteiger partial charge in [-0.2, -0.15) is 0 Å². The van der Waals surface area contributed by atoms with E-state index in [1.54, 1.807) is 0 Å². The van der Waals surface area contributed by atoms with Crippen molar-refractivity contribution in [2.75, 3.05) is 13.1 Å². The molecular formula is C14H17F3N2O2. The summed E-state index contributed by atoms with van der Waals surface area (Å²) in [6.07, 6.45) is -1.70. The van der Waals surface area contributed by atoms with Crippen molar-refractivity contribution in [3.63, 3.8) is 0 Å². The molecule has 21 heavy (non-hydrogen) atoms. The summed E-state index contributed by atoms with van der Waals surface area (Å²) in [5, 5.41) is 8.67. The molecule has 2 rings (SSSR count). The number of amides is 1. The third-order valence-electron chi connectivity index (χ3n) is 3.69. The van der Waals surface area contributed by atoms with Gasteiger partial charge in [0.1, 0.15) is 5.82 Å². The number of nitrogens with zero attached hydrogens (tertiary/aromatic N) is 1. The van der Waals surface area contributed by atoms with Gasteiger partial charge in [-0.15, -0.1) is 0 Å². The van der Waals surface area contributed by atoms with Crippen molar-refractivity contribution >= 4 is 6.09 Å². The minimum atomic E-state index is -3.34. The third kappa shape index (κ3) is 3.12. The molecule has 3 N–H and O–H groups in total. The van der Waals surface area contributed by atoms with Crippen molar-refractivity contribution in [1.29, 1.82) is 0 Å². The molecule has 1 amide bonds. The van der Waals surface area contributed by atoms with E-state index in [1.807, 2.05) is 0 Å². The summed E-state index contributed by atoms with van der Waals surface area (Å²) in [5.74, 6) is -4.79. The maximum absolute atomic E-state index is 14.2. The Balaban J connectivity index is 2.13. The smallest absolute Gasteiger partial charge is 0.407 e. The normalized spacial score (nSPS) is 17.5. The largest absolute Gasteiger partial charge is 0.465 e. The van der Waals surface area contributed by atoms with Crippen molar-refractivity contribution in [3.8, 4) is 0 Å². The number of carbonyl (C=O) groups is 1. The highest BCUT2D eigenvalue weighted by atomic mass is 19.3. The first kappa shape index (κ1) is 15.6. The van der Waals surface area contributed by atoms with Crippen LogP contribution in [-0.4, -0.2) is 29.2 Å². The molecular weight excluding hydrogens is 285 g/mol. The molecule has 7 heteroatoms. The molecule has 0 aromatic heterocycles. The molecule has 0 aliphatic carbocycles. The molecule has 116 valence electrons. The Labute approximate surface area is 120 Å². The molecule has 1 aromatic rings. The van der Waals surface area contributed by atoms with Crippen molar-refractivity contribution < 1.29 is 23.1 Å². The monoisotopic (exact) mass is 302 g/mol. The highest BCUT2D eigenvalue weighted by Crippen LogP contribution is 2.39. The number of carboxylic acid groups (broad SMARTS) is 1. The topological polar surface area (TPSA) is 66.6 Å². The van der Waals surface area contributed by atoms with Gasteiger partial charge in [0.05, 0.1) is 5.56 Å². The van der Waals surface area contributed by atoms with Gasteiger partial charge in [0.25, 0.3) is 5.92 Å². The maximum atomic E-state index is 14.2. The van der Waals surface area contributed by atoms with Gasteiger partial charge in [-0.25, -0.2) is 18.0 Å². The molecule has 1 aromatic carbocycles. The number of halogens is 3. The van der Waals surface area contributed by atoms with Crippen molar-refractivity contribution in [2.45, 2.75) is 25.3 Å². The Hall–Kier alpha value is -1.76. The molecule has 0 spiro atoms. The van der Waals surface area contributed by atoms with Gasteiger partial charge in [0, 0.05) is 37.0 Å². The lowest BCUT2D eigenvalue weighted by molar-refractivity contribution is -0.0553. The fourth-order valence-electron chi connectivity index (χ4n) is 2.51. The molecule has 1 aliphatic heterocycles. The van der Waals surface area contributed by atoms with Crippen LogP contribution in [0.15, 0.2) is 18.2 Å². The first-order valence-corrected chi connectivity index (χ1v) is 6.62. The Morgan fingerprint density at radius 1 is 1.52 bits per heavy atom. The summed E-state index contributed by atoms with van der Waals surface area (Å²) < 4.78 is 42.6. The Kier molecular flexibility index (Phi) is 4.13. The predicted octanol–water partition coefficient (Wildman–Crippen LogP) is 2.94. The number of hydrogen-bond donors (Lipinski definition) is 2. The van der Waals surface area contributed by atoms with Crippen LogP contribution in [-0.2, 0) is 5.92 Å². The summed E-state index contributed by atoms with van der Waals surface area (Å²) in [6.45, 7) is 1.63. The summed E-state index contributed by atoms with van der Waals surface area (Å²) in [4.78, 5) is 11.7. The molecule has 4 nitrogen and oxygen atoms in total. The van der Waals surface area contributed by atoms with E-state index in [2.05, 4.69) is 0 Å². The minimum absolute atomic E-state index is 0.0490. The lowest BCUT2D eigenvalue weighted by Crippen LogP contribution is -2.50. The molecule has 1 heterocycles. The van der Waals surface area contributed by atoms with E-state index in [-0.39, 0.29) is 18.7 Å². The fraction of sp³-hybridized carbons (Fsp3) is 0.500. The van der Waals surface area contributed by atoms with Crippen LogP contribution in [0.5, 0.6) is 0 Å². The summed E-state index contributed by atoms with van der Waals surface area (Å²) >= 11 is 0. The Bertz CT molecular complexity index is 543. The van der Waals surface area contributed by atoms with Gasteiger partial charge in [0.15, 0.2) is 0 Å². The van der Waals surface area contributed by atoms with Crippen molar-refractivity contribution in [2.24, 2.45) is 11.7 Å². The van der Waals surface area contributed by atoms with E-state index in [4.69, 9.17) is 10.8 Å². The van der Waals surface area contributed by atoms with Crippen LogP contribution in [0.1, 0.15) is 30.5 Å². The van der Waals surface area contributed by atoms with Crippen LogP contribution in [0.2, 0.25) is 0 Å². The van der Waals surface area contributed by atoms with E-state index >= 15 is 0 Å². The SMILES string of the molecule is C[C@@H](N)c1cccc(C(F)(F)CC2CN(C(=O)O)C2)c1F. The van der Waals surface area contributed by atoms with E-state index in [9.17, 15) is 18.0 Å². The first-order chi connectivity index (χ1) is 9.72. The maximum Gasteiger partial charge on any atom is 0.407 e. The second-order valence-corrected chi connectivity index (χ2v) is 5.46. The standard InChI is InChI=1S/C14H17F3N2O2/c1-8(18)10-3-2-4-11(12(10)15)14(16,17)5-9-6-19(7-9)13(20)21/h2-4,8-9H,5-7,18H2,1H3,(H,20,21)/t8-/m1/s1. The summed E-state index contributed by atoms with van der Waals surface area (Å²) in [5.41, 5.74) is 4.93. The average molecular weight is 302 g/mol. The molecule has 0 unspecified atom stereocenters. The average Bonchev–Trinajstić information content (AvgIpc) is 2.32. The van der Waals surface area contributed by atoms with E-state index in [1.165, 1.54) is 19.1 Å². The molecule has 1 saturated heterocycles. The van der Waals surface area contributed by atoms with Gasteiger partial charge >= 0.3 is 6.09 Å². The fourth-order valence-corrected chi connectivity index (χ4v) is 2.51. The van der Waals surface area contributed by atoms with Crippen molar-refractivity contribution in [3.05, 3.63) is 35.1 Å². The zero-order valence-corrected chi connectivity index (χ0v) is 11.5. The lowest BCUT2D eigenvalue weighted by Gasteiger charge is -2.38. The molecule has 1 fully saturated rings. The number of likely N-dealkylation sites (tertiary alicyclic amines) is 1. The molecule has 0 bridgehead atoms. The number of rotatable bonds is 4. The van der Waals surface area contributed by atoms with Crippen LogP contribution < -0.4 is 5.73 Å². The van der Waals surface area contributed by atoms with E-state index < -0.39 is 41.8 Å². The first-order valence-electron chi connectivity index (χ1n) is 6.62. The highest BCUT2D eigenvalue weighted by molar-refractivity contribution is 5.66. The van der Waals surface area contributed by atoms with Gasteiger partial charge < -0.3 is 15.7 Å². The van der Waals surface area contributed by atoms with E-state index in [0.717, 1.165) is 11.0 Å². The van der Waals surface area contributed by atoms with Gasteiger partial charge in [0.2, 0.25) is 0 Å². The van der Waals surface area contributed by atoms with Crippen LogP contribution in [0, 0.1) is 11.7 Å².